The van der Waals surface area contributed by atoms with Gasteiger partial charge in [-0.1, -0.05) is 12.1 Å². The van der Waals surface area contributed by atoms with Gasteiger partial charge < -0.3 is 5.73 Å². The van der Waals surface area contributed by atoms with E-state index >= 15 is 0 Å². The van der Waals surface area contributed by atoms with Gasteiger partial charge in [0.2, 0.25) is 0 Å². The number of nitrogens with two attached hydrogens (primary N) is 1. The van der Waals surface area contributed by atoms with Crippen LogP contribution in [0.5, 0.6) is 0 Å². The lowest BCUT2D eigenvalue weighted by Gasteiger charge is -2.10. The monoisotopic (exact) mass is 378 g/mol. The van der Waals surface area contributed by atoms with Crippen molar-refractivity contribution in [3.8, 4) is 5.69 Å². The highest BCUT2D eigenvalue weighted by Gasteiger charge is 2.18. The van der Waals surface area contributed by atoms with Crippen molar-refractivity contribution in [3.05, 3.63) is 44.9 Å². The molecule has 0 aliphatic carbocycles. The molecule has 0 aliphatic heterocycles. The molecular formula is C15H15IN4. The van der Waals surface area contributed by atoms with Gasteiger partial charge in [0.25, 0.3) is 0 Å². The largest absolute Gasteiger partial charge is 0.383 e. The van der Waals surface area contributed by atoms with E-state index in [2.05, 4.69) is 63.1 Å². The van der Waals surface area contributed by atoms with Crippen LogP contribution in [0.4, 0.5) is 5.82 Å². The van der Waals surface area contributed by atoms with Crippen molar-refractivity contribution >= 4 is 39.4 Å². The average molecular weight is 378 g/mol. The number of halogens is 1. The molecule has 3 aromatic rings. The van der Waals surface area contributed by atoms with Crippen molar-refractivity contribution in [2.75, 3.05) is 5.73 Å². The van der Waals surface area contributed by atoms with Crippen LogP contribution in [0, 0.1) is 24.3 Å². The van der Waals surface area contributed by atoms with Gasteiger partial charge in [0, 0.05) is 9.26 Å². The molecule has 2 heterocycles. The summed E-state index contributed by atoms with van der Waals surface area (Å²) in [6.07, 6.45) is 0. The van der Waals surface area contributed by atoms with E-state index < -0.39 is 0 Å². The van der Waals surface area contributed by atoms with Crippen LogP contribution in [0.2, 0.25) is 0 Å². The Labute approximate surface area is 131 Å². The van der Waals surface area contributed by atoms with E-state index in [-0.39, 0.29) is 0 Å². The van der Waals surface area contributed by atoms with Gasteiger partial charge in [-0.05, 0) is 61.1 Å². The number of nitrogen functional groups attached to an aromatic ring is 1. The predicted molar refractivity (Wildman–Crippen MR) is 90.2 cm³/mol. The maximum atomic E-state index is 6.09. The summed E-state index contributed by atoms with van der Waals surface area (Å²) in [5.41, 5.74) is 10.4. The molecule has 0 fully saturated rings. The fourth-order valence-electron chi connectivity index (χ4n) is 2.54. The summed E-state index contributed by atoms with van der Waals surface area (Å²) in [4.78, 5) is 8.89. The minimum Gasteiger partial charge on any atom is -0.383 e. The minimum atomic E-state index is 0.554. The van der Waals surface area contributed by atoms with Gasteiger partial charge in [-0.25, -0.2) is 9.97 Å². The van der Waals surface area contributed by atoms with E-state index in [0.717, 1.165) is 28.0 Å². The molecule has 0 atom stereocenters. The van der Waals surface area contributed by atoms with E-state index in [0.29, 0.717) is 11.6 Å². The highest BCUT2D eigenvalue weighted by molar-refractivity contribution is 14.1. The fraction of sp³-hybridized carbons (Fsp3) is 0.200. The van der Waals surface area contributed by atoms with Gasteiger partial charge in [-0.15, -0.1) is 0 Å². The van der Waals surface area contributed by atoms with Crippen molar-refractivity contribution in [1.82, 2.24) is 14.5 Å². The summed E-state index contributed by atoms with van der Waals surface area (Å²) in [5.74, 6) is 1.25. The first-order valence-electron chi connectivity index (χ1n) is 6.37. The SMILES string of the molecule is Cc1nc(N)c2c(C)c(C)n(-c3ccccc3I)c2n1. The van der Waals surface area contributed by atoms with Crippen molar-refractivity contribution in [2.24, 2.45) is 0 Å². The number of anilines is 1. The summed E-state index contributed by atoms with van der Waals surface area (Å²) < 4.78 is 3.34. The van der Waals surface area contributed by atoms with E-state index in [1.807, 2.05) is 19.1 Å². The zero-order valence-corrected chi connectivity index (χ0v) is 13.8. The number of fused-ring (bicyclic) bond motifs is 1. The Morgan fingerprint density at radius 1 is 1.10 bits per heavy atom. The number of benzene rings is 1. The summed E-state index contributed by atoms with van der Waals surface area (Å²) in [6, 6.07) is 8.26. The number of hydrogen-bond acceptors (Lipinski definition) is 3. The molecule has 0 amide bonds. The zero-order valence-electron chi connectivity index (χ0n) is 11.6. The van der Waals surface area contributed by atoms with Gasteiger partial charge >= 0.3 is 0 Å². The molecule has 0 radical (unpaired) electrons. The van der Waals surface area contributed by atoms with Gasteiger partial charge in [0.1, 0.15) is 11.6 Å². The molecule has 4 nitrogen and oxygen atoms in total. The maximum Gasteiger partial charge on any atom is 0.150 e. The summed E-state index contributed by atoms with van der Waals surface area (Å²) in [5, 5.41) is 0.952. The Morgan fingerprint density at radius 2 is 1.80 bits per heavy atom. The maximum absolute atomic E-state index is 6.09. The van der Waals surface area contributed by atoms with Crippen LogP contribution in [0.3, 0.4) is 0 Å². The Morgan fingerprint density at radius 3 is 2.50 bits per heavy atom. The van der Waals surface area contributed by atoms with Crippen LogP contribution in [0.15, 0.2) is 24.3 Å². The summed E-state index contributed by atoms with van der Waals surface area (Å²) >= 11 is 2.34. The molecule has 0 bridgehead atoms. The van der Waals surface area contributed by atoms with Gasteiger partial charge in [-0.3, -0.25) is 4.57 Å². The molecule has 2 aromatic heterocycles. The third kappa shape index (κ3) is 1.88. The first-order valence-corrected chi connectivity index (χ1v) is 7.45. The minimum absolute atomic E-state index is 0.554. The molecule has 20 heavy (non-hydrogen) atoms. The predicted octanol–water partition coefficient (Wildman–Crippen LogP) is 3.53. The normalized spacial score (nSPS) is 11.2. The van der Waals surface area contributed by atoms with Crippen LogP contribution in [0.1, 0.15) is 17.1 Å². The van der Waals surface area contributed by atoms with E-state index in [9.17, 15) is 0 Å². The Bertz CT molecular complexity index is 820. The third-order valence-electron chi connectivity index (χ3n) is 3.59. The number of hydrogen-bond donors (Lipinski definition) is 1. The number of rotatable bonds is 1. The number of aryl methyl sites for hydroxylation is 2. The molecule has 5 heteroatoms. The van der Waals surface area contributed by atoms with Crippen molar-refractivity contribution in [3.63, 3.8) is 0 Å². The quantitative estimate of drug-likeness (QED) is 0.660. The van der Waals surface area contributed by atoms with Gasteiger partial charge in [-0.2, -0.15) is 0 Å². The van der Waals surface area contributed by atoms with Crippen LogP contribution in [-0.2, 0) is 0 Å². The second-order valence-electron chi connectivity index (χ2n) is 4.85. The Kier molecular flexibility index (Phi) is 3.16. The molecule has 2 N–H and O–H groups in total. The second kappa shape index (κ2) is 4.73. The Balaban J connectivity index is 2.48. The zero-order chi connectivity index (χ0) is 14.4. The molecule has 0 saturated carbocycles. The molecule has 1 aromatic carbocycles. The highest BCUT2D eigenvalue weighted by atomic mass is 127. The Hall–Kier alpha value is -1.63. The standard InChI is InChI=1S/C15H15IN4/c1-8-9(2)20(12-7-5-4-6-11(12)16)15-13(8)14(17)18-10(3)19-15/h4-7H,1-3H3,(H2,17,18,19). The average Bonchev–Trinajstić information content (AvgIpc) is 2.63. The number of para-hydroxylation sites is 1. The number of nitrogens with zero attached hydrogens (tertiary/aromatic N) is 3. The van der Waals surface area contributed by atoms with Gasteiger partial charge in [0.15, 0.2) is 5.65 Å². The van der Waals surface area contributed by atoms with Crippen LogP contribution in [-0.4, -0.2) is 14.5 Å². The molecule has 0 aliphatic rings. The molecule has 0 saturated heterocycles. The second-order valence-corrected chi connectivity index (χ2v) is 6.01. The third-order valence-corrected chi connectivity index (χ3v) is 4.50. The van der Waals surface area contributed by atoms with Crippen LogP contribution < -0.4 is 5.73 Å². The molecule has 3 rings (SSSR count). The van der Waals surface area contributed by atoms with Crippen molar-refractivity contribution < 1.29 is 0 Å². The van der Waals surface area contributed by atoms with Crippen LogP contribution in [0.25, 0.3) is 16.7 Å². The molecule has 0 spiro atoms. The smallest absolute Gasteiger partial charge is 0.150 e. The van der Waals surface area contributed by atoms with Gasteiger partial charge in [0.05, 0.1) is 11.1 Å². The first kappa shape index (κ1) is 13.4. The van der Waals surface area contributed by atoms with E-state index in [1.54, 1.807) is 0 Å². The van der Waals surface area contributed by atoms with E-state index in [4.69, 9.17) is 5.73 Å². The lowest BCUT2D eigenvalue weighted by molar-refractivity contribution is 0.991. The lowest BCUT2D eigenvalue weighted by atomic mass is 10.2. The summed E-state index contributed by atoms with van der Waals surface area (Å²) in [7, 11) is 0. The topological polar surface area (TPSA) is 56.7 Å². The first-order chi connectivity index (χ1) is 9.50. The van der Waals surface area contributed by atoms with E-state index in [1.165, 1.54) is 3.57 Å². The molecular weight excluding hydrogens is 363 g/mol. The lowest BCUT2D eigenvalue weighted by Crippen LogP contribution is -2.02. The van der Waals surface area contributed by atoms with Crippen molar-refractivity contribution in [1.29, 1.82) is 0 Å². The van der Waals surface area contributed by atoms with Crippen molar-refractivity contribution in [2.45, 2.75) is 20.8 Å². The fourth-order valence-corrected chi connectivity index (χ4v) is 3.16. The van der Waals surface area contributed by atoms with Crippen LogP contribution >= 0.6 is 22.6 Å². The molecule has 102 valence electrons. The highest BCUT2D eigenvalue weighted by Crippen LogP contribution is 2.31. The number of aromatic nitrogens is 3. The molecule has 0 unspecified atom stereocenters. The summed E-state index contributed by atoms with van der Waals surface area (Å²) in [6.45, 7) is 6.03.